The zero-order valence-corrected chi connectivity index (χ0v) is 17.7. The molecular weight excluding hydrogens is 414 g/mol. The molecule has 2 aromatic heterocycles. The summed E-state index contributed by atoms with van der Waals surface area (Å²) in [4.78, 5) is 42.6. The van der Waals surface area contributed by atoms with Crippen molar-refractivity contribution in [1.82, 2.24) is 9.38 Å². The highest BCUT2D eigenvalue weighted by Crippen LogP contribution is 2.15. The molecule has 0 aliphatic heterocycles. The highest BCUT2D eigenvalue weighted by atomic mass is 32.1. The van der Waals surface area contributed by atoms with E-state index in [0.29, 0.717) is 27.5 Å². The maximum atomic E-state index is 12.3. The van der Waals surface area contributed by atoms with E-state index in [-0.39, 0.29) is 18.1 Å². The lowest BCUT2D eigenvalue weighted by atomic mass is 10.1. The van der Waals surface area contributed by atoms with Crippen LogP contribution in [0.5, 0.6) is 0 Å². The molecule has 4 rings (SSSR count). The topological polar surface area (TPSA) is 89.8 Å². The summed E-state index contributed by atoms with van der Waals surface area (Å²) < 4.78 is 6.76. The van der Waals surface area contributed by atoms with E-state index in [4.69, 9.17) is 4.74 Å². The average Bonchev–Trinajstić information content (AvgIpc) is 3.14. The van der Waals surface area contributed by atoms with Crippen LogP contribution in [0, 0.1) is 13.8 Å². The lowest BCUT2D eigenvalue weighted by Crippen LogP contribution is -2.15. The van der Waals surface area contributed by atoms with Gasteiger partial charge in [-0.15, -0.1) is 11.3 Å². The van der Waals surface area contributed by atoms with Crippen molar-refractivity contribution >= 4 is 33.9 Å². The fraction of sp³-hybridized carbons (Fsp3) is 0.130. The van der Waals surface area contributed by atoms with Crippen molar-refractivity contribution in [3.05, 3.63) is 98.4 Å². The van der Waals surface area contributed by atoms with Gasteiger partial charge in [0.15, 0.2) is 4.96 Å². The van der Waals surface area contributed by atoms with Crippen LogP contribution in [0.15, 0.2) is 65.6 Å². The molecule has 2 aromatic carbocycles. The van der Waals surface area contributed by atoms with E-state index in [1.807, 2.05) is 26.0 Å². The Bertz CT molecular complexity index is 1320. The summed E-state index contributed by atoms with van der Waals surface area (Å²) in [5.41, 5.74) is 2.70. The molecular formula is C23H19N3O4S. The molecule has 2 heterocycles. The number of benzene rings is 2. The lowest BCUT2D eigenvalue weighted by molar-refractivity contribution is 0.0467. The molecule has 0 saturated carbocycles. The predicted molar refractivity (Wildman–Crippen MR) is 119 cm³/mol. The van der Waals surface area contributed by atoms with Gasteiger partial charge >= 0.3 is 5.97 Å². The number of ether oxygens (including phenoxy) is 1. The first-order valence-electron chi connectivity index (χ1n) is 9.53. The van der Waals surface area contributed by atoms with Crippen molar-refractivity contribution in [3.8, 4) is 0 Å². The Balaban J connectivity index is 1.38. The zero-order chi connectivity index (χ0) is 22.0. The van der Waals surface area contributed by atoms with Crippen LogP contribution in [0.3, 0.4) is 0 Å². The standard InChI is InChI=1S/C23H19N3O4S/c1-14-3-5-16(6-4-14)21(28)24-18-9-7-17(8-10-18)22(29)30-13-19-11-20(27)26-12-15(2)31-23(26)25-19/h3-12H,13H2,1-2H3,(H,24,28). The number of carbonyl (C=O) groups excluding carboxylic acids is 2. The van der Waals surface area contributed by atoms with E-state index in [0.717, 1.165) is 10.4 Å². The van der Waals surface area contributed by atoms with Crippen molar-refractivity contribution in [2.75, 3.05) is 5.32 Å². The van der Waals surface area contributed by atoms with E-state index in [2.05, 4.69) is 10.3 Å². The summed E-state index contributed by atoms with van der Waals surface area (Å²) in [5, 5.41) is 2.79. The van der Waals surface area contributed by atoms with Crippen LogP contribution in [0.2, 0.25) is 0 Å². The minimum atomic E-state index is -0.541. The van der Waals surface area contributed by atoms with Gasteiger partial charge in [-0.05, 0) is 50.2 Å². The molecule has 0 aliphatic rings. The summed E-state index contributed by atoms with van der Waals surface area (Å²) in [6.07, 6.45) is 1.73. The van der Waals surface area contributed by atoms with Gasteiger partial charge in [0.05, 0.1) is 11.3 Å². The Morgan fingerprint density at radius 3 is 2.42 bits per heavy atom. The normalized spacial score (nSPS) is 10.8. The largest absolute Gasteiger partial charge is 0.456 e. The molecule has 31 heavy (non-hydrogen) atoms. The Kier molecular flexibility index (Phi) is 5.64. The average molecular weight is 433 g/mol. The molecule has 0 radical (unpaired) electrons. The molecule has 0 fully saturated rings. The van der Waals surface area contributed by atoms with Crippen molar-refractivity contribution in [2.24, 2.45) is 0 Å². The smallest absolute Gasteiger partial charge is 0.338 e. The van der Waals surface area contributed by atoms with Gasteiger partial charge in [-0.3, -0.25) is 14.0 Å². The first kappa shape index (κ1) is 20.5. The fourth-order valence-corrected chi connectivity index (χ4v) is 3.80. The number of hydrogen-bond donors (Lipinski definition) is 1. The van der Waals surface area contributed by atoms with E-state index >= 15 is 0 Å². The molecule has 0 atom stereocenters. The molecule has 1 N–H and O–H groups in total. The molecule has 0 saturated heterocycles. The SMILES string of the molecule is Cc1ccc(C(=O)Nc2ccc(C(=O)OCc3cc(=O)n4cc(C)sc4n3)cc2)cc1. The number of anilines is 1. The minimum Gasteiger partial charge on any atom is -0.456 e. The number of nitrogens with one attached hydrogen (secondary N) is 1. The molecule has 156 valence electrons. The third-order valence-corrected chi connectivity index (χ3v) is 5.48. The molecule has 8 heteroatoms. The van der Waals surface area contributed by atoms with E-state index in [1.54, 1.807) is 42.6 Å². The predicted octanol–water partition coefficient (Wildman–Crippen LogP) is 3.98. The minimum absolute atomic E-state index is 0.104. The number of fused-ring (bicyclic) bond motifs is 1. The van der Waals surface area contributed by atoms with Crippen LogP contribution < -0.4 is 10.9 Å². The number of aryl methyl sites for hydroxylation is 2. The van der Waals surface area contributed by atoms with Gasteiger partial charge in [-0.1, -0.05) is 17.7 Å². The highest BCUT2D eigenvalue weighted by molar-refractivity contribution is 7.16. The van der Waals surface area contributed by atoms with Gasteiger partial charge < -0.3 is 10.1 Å². The number of rotatable bonds is 5. The second kappa shape index (κ2) is 8.53. The van der Waals surface area contributed by atoms with Crippen LogP contribution in [0.1, 0.15) is 36.9 Å². The fourth-order valence-electron chi connectivity index (χ4n) is 2.95. The van der Waals surface area contributed by atoms with E-state index in [9.17, 15) is 14.4 Å². The molecule has 1 amide bonds. The van der Waals surface area contributed by atoms with Gasteiger partial charge in [-0.2, -0.15) is 0 Å². The van der Waals surface area contributed by atoms with E-state index in [1.165, 1.54) is 21.8 Å². The molecule has 0 bridgehead atoms. The van der Waals surface area contributed by atoms with Gasteiger partial charge in [0.25, 0.3) is 11.5 Å². The second-order valence-electron chi connectivity index (χ2n) is 7.05. The highest BCUT2D eigenvalue weighted by Gasteiger charge is 2.11. The molecule has 4 aromatic rings. The molecule has 0 spiro atoms. The summed E-state index contributed by atoms with van der Waals surface area (Å²) >= 11 is 1.39. The Morgan fingerprint density at radius 1 is 1.03 bits per heavy atom. The van der Waals surface area contributed by atoms with Crippen LogP contribution >= 0.6 is 11.3 Å². The lowest BCUT2D eigenvalue weighted by Gasteiger charge is -2.07. The van der Waals surface area contributed by atoms with Gasteiger partial charge in [0, 0.05) is 28.4 Å². The first-order chi connectivity index (χ1) is 14.9. The second-order valence-corrected chi connectivity index (χ2v) is 8.27. The third-order valence-electron chi connectivity index (χ3n) is 4.58. The number of thiazole rings is 1. The van der Waals surface area contributed by atoms with Crippen LogP contribution in [0.25, 0.3) is 4.96 Å². The maximum absolute atomic E-state index is 12.3. The van der Waals surface area contributed by atoms with Crippen molar-refractivity contribution in [2.45, 2.75) is 20.5 Å². The van der Waals surface area contributed by atoms with Crippen LogP contribution in [-0.2, 0) is 11.3 Å². The maximum Gasteiger partial charge on any atom is 0.338 e. The summed E-state index contributed by atoms with van der Waals surface area (Å²) in [7, 11) is 0. The number of aromatic nitrogens is 2. The number of amides is 1. The Morgan fingerprint density at radius 2 is 1.71 bits per heavy atom. The number of hydrogen-bond acceptors (Lipinski definition) is 6. The summed E-state index contributed by atoms with van der Waals surface area (Å²) in [6.45, 7) is 3.74. The number of carbonyl (C=O) groups is 2. The number of nitrogens with zero attached hydrogens (tertiary/aromatic N) is 2. The number of esters is 1. The molecule has 0 aliphatic carbocycles. The van der Waals surface area contributed by atoms with Gasteiger partial charge in [0.1, 0.15) is 6.61 Å². The molecule has 7 nitrogen and oxygen atoms in total. The Hall–Kier alpha value is -3.78. The van der Waals surface area contributed by atoms with Gasteiger partial charge in [-0.25, -0.2) is 9.78 Å². The molecule has 0 unspecified atom stereocenters. The van der Waals surface area contributed by atoms with Crippen molar-refractivity contribution in [3.63, 3.8) is 0 Å². The van der Waals surface area contributed by atoms with Crippen molar-refractivity contribution in [1.29, 1.82) is 0 Å². The van der Waals surface area contributed by atoms with E-state index < -0.39 is 5.97 Å². The van der Waals surface area contributed by atoms with Gasteiger partial charge in [0.2, 0.25) is 0 Å². The summed E-state index contributed by atoms with van der Waals surface area (Å²) in [5.74, 6) is -0.771. The quantitative estimate of drug-likeness (QED) is 0.481. The first-order valence-corrected chi connectivity index (χ1v) is 10.3. The van der Waals surface area contributed by atoms with Crippen LogP contribution in [-0.4, -0.2) is 21.3 Å². The third kappa shape index (κ3) is 4.70. The van der Waals surface area contributed by atoms with Crippen molar-refractivity contribution < 1.29 is 14.3 Å². The summed E-state index contributed by atoms with van der Waals surface area (Å²) in [6, 6.07) is 15.0. The monoisotopic (exact) mass is 433 g/mol. The Labute approximate surface area is 182 Å². The zero-order valence-electron chi connectivity index (χ0n) is 16.9. The van der Waals surface area contributed by atoms with Crippen LogP contribution in [0.4, 0.5) is 5.69 Å².